The van der Waals surface area contributed by atoms with Crippen LogP contribution in [-0.4, -0.2) is 53.0 Å². The van der Waals surface area contributed by atoms with Crippen LogP contribution in [0.3, 0.4) is 0 Å². The summed E-state index contributed by atoms with van der Waals surface area (Å²) in [5.74, 6) is -1.11. The quantitative estimate of drug-likeness (QED) is 0.888. The first-order valence-corrected chi connectivity index (χ1v) is 8.17. The van der Waals surface area contributed by atoms with E-state index in [-0.39, 0.29) is 11.3 Å². The van der Waals surface area contributed by atoms with Gasteiger partial charge in [-0.05, 0) is 30.3 Å². The monoisotopic (exact) mass is 379 g/mol. The number of aromatic nitrogens is 1. The molecule has 1 aliphatic heterocycles. The van der Waals surface area contributed by atoms with Crippen molar-refractivity contribution in [3.8, 4) is 0 Å². The third kappa shape index (κ3) is 4.18. The van der Waals surface area contributed by atoms with Gasteiger partial charge in [0.25, 0.3) is 5.91 Å². The average Bonchev–Trinajstić information content (AvgIpc) is 2.67. The number of carboxylic acid groups (broad SMARTS) is 1. The van der Waals surface area contributed by atoms with E-state index in [9.17, 15) is 22.8 Å². The van der Waals surface area contributed by atoms with Crippen molar-refractivity contribution in [3.05, 3.63) is 59.3 Å². The number of pyridine rings is 1. The number of alkyl halides is 3. The van der Waals surface area contributed by atoms with Gasteiger partial charge in [-0.2, -0.15) is 13.2 Å². The number of rotatable bonds is 3. The van der Waals surface area contributed by atoms with Crippen molar-refractivity contribution in [3.63, 3.8) is 0 Å². The van der Waals surface area contributed by atoms with Crippen LogP contribution in [0.25, 0.3) is 0 Å². The zero-order chi connectivity index (χ0) is 19.6. The van der Waals surface area contributed by atoms with Crippen LogP contribution in [0, 0.1) is 0 Å². The van der Waals surface area contributed by atoms with Gasteiger partial charge in [0, 0.05) is 31.7 Å². The molecule has 2 aromatic rings. The molecule has 1 saturated heterocycles. The summed E-state index contributed by atoms with van der Waals surface area (Å²) in [5.41, 5.74) is -0.944. The van der Waals surface area contributed by atoms with E-state index in [1.54, 1.807) is 12.1 Å². The number of carbonyl (C=O) groups excluding carboxylic acids is 1. The molecule has 27 heavy (non-hydrogen) atoms. The Morgan fingerprint density at radius 2 is 1.67 bits per heavy atom. The summed E-state index contributed by atoms with van der Waals surface area (Å²) in [6, 6.07) is 9.01. The fourth-order valence-corrected chi connectivity index (χ4v) is 2.87. The minimum Gasteiger partial charge on any atom is -0.477 e. The number of hydrogen-bond acceptors (Lipinski definition) is 4. The van der Waals surface area contributed by atoms with Gasteiger partial charge in [0.05, 0.1) is 5.56 Å². The Morgan fingerprint density at radius 3 is 2.30 bits per heavy atom. The van der Waals surface area contributed by atoms with E-state index >= 15 is 0 Å². The van der Waals surface area contributed by atoms with E-state index in [1.165, 1.54) is 23.1 Å². The predicted octanol–water partition coefficient (Wildman–Crippen LogP) is 2.76. The van der Waals surface area contributed by atoms with Crippen LogP contribution in [0.15, 0.2) is 42.5 Å². The minimum atomic E-state index is -4.50. The number of aromatic carboxylic acids is 1. The Labute approximate surface area is 152 Å². The Hall–Kier alpha value is -3.10. The van der Waals surface area contributed by atoms with Crippen LogP contribution in [0.4, 0.5) is 19.0 Å². The maximum atomic E-state index is 12.8. The van der Waals surface area contributed by atoms with E-state index < -0.39 is 23.6 Å². The Balaban J connectivity index is 1.68. The third-order valence-electron chi connectivity index (χ3n) is 4.28. The molecule has 1 aliphatic rings. The molecule has 142 valence electrons. The van der Waals surface area contributed by atoms with Crippen molar-refractivity contribution in [2.75, 3.05) is 31.1 Å². The summed E-state index contributed by atoms with van der Waals surface area (Å²) in [7, 11) is 0. The molecule has 0 aliphatic carbocycles. The standard InChI is InChI=1S/C18H16F3N3O3/c19-18(20,21)13-4-1-3-12(11-13)16(25)24-9-7-23(8-10-24)15-6-2-5-14(22-15)17(26)27/h1-6,11H,7-10H2,(H,26,27). The molecule has 2 heterocycles. The molecule has 1 amide bonds. The molecule has 0 unspecified atom stereocenters. The Kier molecular flexibility index (Phi) is 5.02. The Morgan fingerprint density at radius 1 is 1.00 bits per heavy atom. The molecule has 1 aromatic heterocycles. The molecule has 9 heteroatoms. The van der Waals surface area contributed by atoms with E-state index in [0.29, 0.717) is 32.0 Å². The van der Waals surface area contributed by atoms with Gasteiger partial charge in [0.1, 0.15) is 5.82 Å². The summed E-state index contributed by atoms with van der Waals surface area (Å²) in [4.78, 5) is 30.9. The molecule has 0 spiro atoms. The molecule has 0 bridgehead atoms. The second-order valence-electron chi connectivity index (χ2n) is 6.04. The van der Waals surface area contributed by atoms with E-state index in [4.69, 9.17) is 5.11 Å². The predicted molar refractivity (Wildman–Crippen MR) is 90.8 cm³/mol. The van der Waals surface area contributed by atoms with E-state index in [2.05, 4.69) is 4.98 Å². The van der Waals surface area contributed by atoms with Gasteiger partial charge in [-0.15, -0.1) is 0 Å². The number of anilines is 1. The van der Waals surface area contributed by atoms with Crippen molar-refractivity contribution in [1.29, 1.82) is 0 Å². The second kappa shape index (κ2) is 7.26. The molecule has 3 rings (SSSR count). The van der Waals surface area contributed by atoms with Crippen LogP contribution < -0.4 is 4.90 Å². The summed E-state index contributed by atoms with van der Waals surface area (Å²) in [6.07, 6.45) is -4.50. The van der Waals surface area contributed by atoms with E-state index in [1.807, 2.05) is 4.90 Å². The van der Waals surface area contributed by atoms with Crippen molar-refractivity contribution in [1.82, 2.24) is 9.88 Å². The van der Waals surface area contributed by atoms with Gasteiger partial charge in [-0.25, -0.2) is 9.78 Å². The van der Waals surface area contributed by atoms with Gasteiger partial charge < -0.3 is 14.9 Å². The zero-order valence-corrected chi connectivity index (χ0v) is 14.1. The van der Waals surface area contributed by atoms with Crippen molar-refractivity contribution < 1.29 is 27.9 Å². The van der Waals surface area contributed by atoms with Crippen molar-refractivity contribution in [2.45, 2.75) is 6.18 Å². The van der Waals surface area contributed by atoms with Gasteiger partial charge >= 0.3 is 12.1 Å². The number of amides is 1. The summed E-state index contributed by atoms with van der Waals surface area (Å²) < 4.78 is 38.5. The largest absolute Gasteiger partial charge is 0.477 e. The maximum absolute atomic E-state index is 12.8. The molecule has 0 atom stereocenters. The van der Waals surface area contributed by atoms with Crippen LogP contribution in [0.1, 0.15) is 26.4 Å². The minimum absolute atomic E-state index is 0.00993. The molecule has 0 saturated carbocycles. The highest BCUT2D eigenvalue weighted by atomic mass is 19.4. The molecule has 1 aromatic carbocycles. The fraction of sp³-hybridized carbons (Fsp3) is 0.278. The molecule has 1 N–H and O–H groups in total. The second-order valence-corrected chi connectivity index (χ2v) is 6.04. The van der Waals surface area contributed by atoms with Gasteiger partial charge in [0.2, 0.25) is 0 Å². The Bertz CT molecular complexity index is 862. The summed E-state index contributed by atoms with van der Waals surface area (Å²) in [5, 5.41) is 9.01. The molecular weight excluding hydrogens is 363 g/mol. The van der Waals surface area contributed by atoms with Crippen molar-refractivity contribution >= 4 is 17.7 Å². The maximum Gasteiger partial charge on any atom is 0.416 e. The number of piperazine rings is 1. The number of carbonyl (C=O) groups is 2. The zero-order valence-electron chi connectivity index (χ0n) is 14.1. The molecule has 1 fully saturated rings. The molecule has 6 nitrogen and oxygen atoms in total. The smallest absolute Gasteiger partial charge is 0.416 e. The SMILES string of the molecule is O=C(O)c1cccc(N2CCN(C(=O)c3cccc(C(F)(F)F)c3)CC2)n1. The lowest BCUT2D eigenvalue weighted by Gasteiger charge is -2.35. The molecular formula is C18H16F3N3O3. The normalized spacial score (nSPS) is 14.9. The van der Waals surface area contributed by atoms with Gasteiger partial charge in [-0.3, -0.25) is 4.79 Å². The lowest BCUT2D eigenvalue weighted by atomic mass is 10.1. The van der Waals surface area contributed by atoms with Crippen molar-refractivity contribution in [2.24, 2.45) is 0 Å². The first-order valence-electron chi connectivity index (χ1n) is 8.17. The summed E-state index contributed by atoms with van der Waals surface area (Å²) >= 11 is 0. The first kappa shape index (κ1) is 18.7. The van der Waals surface area contributed by atoms with Gasteiger partial charge in [-0.1, -0.05) is 12.1 Å². The van der Waals surface area contributed by atoms with Crippen LogP contribution in [0.5, 0.6) is 0 Å². The molecule has 0 radical (unpaired) electrons. The lowest BCUT2D eigenvalue weighted by Crippen LogP contribution is -2.49. The van der Waals surface area contributed by atoms with Crippen LogP contribution >= 0.6 is 0 Å². The highest BCUT2D eigenvalue weighted by Crippen LogP contribution is 2.29. The van der Waals surface area contributed by atoms with Crippen LogP contribution in [-0.2, 0) is 6.18 Å². The van der Waals surface area contributed by atoms with Crippen LogP contribution in [0.2, 0.25) is 0 Å². The number of carboxylic acids is 1. The number of benzene rings is 1. The number of nitrogens with zero attached hydrogens (tertiary/aromatic N) is 3. The highest BCUT2D eigenvalue weighted by Gasteiger charge is 2.31. The third-order valence-corrected chi connectivity index (χ3v) is 4.28. The fourth-order valence-electron chi connectivity index (χ4n) is 2.87. The lowest BCUT2D eigenvalue weighted by molar-refractivity contribution is -0.137. The number of hydrogen-bond donors (Lipinski definition) is 1. The highest BCUT2D eigenvalue weighted by molar-refractivity contribution is 5.94. The number of halogens is 3. The van der Waals surface area contributed by atoms with E-state index in [0.717, 1.165) is 12.1 Å². The van der Waals surface area contributed by atoms with Gasteiger partial charge in [0.15, 0.2) is 5.69 Å². The summed E-state index contributed by atoms with van der Waals surface area (Å²) in [6.45, 7) is 1.41. The average molecular weight is 379 g/mol. The first-order chi connectivity index (χ1) is 12.8. The topological polar surface area (TPSA) is 73.7 Å².